The lowest BCUT2D eigenvalue weighted by molar-refractivity contribution is -0.117. The summed E-state index contributed by atoms with van der Waals surface area (Å²) in [5.41, 5.74) is 2.55. The number of rotatable bonds is 1. The van der Waals surface area contributed by atoms with Gasteiger partial charge in [0.15, 0.2) is 0 Å². The molecule has 1 atom stereocenters. The van der Waals surface area contributed by atoms with Crippen LogP contribution in [0.2, 0.25) is 0 Å². The van der Waals surface area contributed by atoms with E-state index in [2.05, 4.69) is 0 Å². The van der Waals surface area contributed by atoms with E-state index in [1.807, 2.05) is 42.5 Å². The average molecular weight is 264 g/mol. The maximum atomic E-state index is 12.6. The minimum Gasteiger partial charge on any atom is -0.281 e. The Labute approximate surface area is 116 Å². The summed E-state index contributed by atoms with van der Waals surface area (Å²) < 4.78 is 0. The van der Waals surface area contributed by atoms with Crippen LogP contribution in [-0.4, -0.2) is 18.0 Å². The minimum absolute atomic E-state index is 0.141. The third-order valence-corrected chi connectivity index (χ3v) is 3.89. The number of carbonyl (C=O) groups is 2. The molecule has 0 N–H and O–H groups in total. The van der Waals surface area contributed by atoms with Crippen LogP contribution in [0.5, 0.6) is 0 Å². The smallest absolute Gasteiger partial charge is 0.281 e. The van der Waals surface area contributed by atoms with E-state index in [0.717, 1.165) is 11.3 Å². The predicted octanol–water partition coefficient (Wildman–Crippen LogP) is 2.58. The van der Waals surface area contributed by atoms with Gasteiger partial charge in [0, 0.05) is 12.1 Å². The maximum Gasteiger partial charge on any atom is 0.336 e. The number of nitrogens with zero attached hydrogens (tertiary/aromatic N) is 2. The summed E-state index contributed by atoms with van der Waals surface area (Å²) in [6.07, 6.45) is 0.601. The van der Waals surface area contributed by atoms with Crippen molar-refractivity contribution in [3.8, 4) is 0 Å². The Bertz CT molecular complexity index is 711. The first-order valence-corrected chi connectivity index (χ1v) is 6.57. The molecule has 0 saturated carbocycles. The number of fused-ring (bicyclic) bond motifs is 3. The molecule has 2 aromatic rings. The summed E-state index contributed by atoms with van der Waals surface area (Å²) in [7, 11) is 0. The molecule has 98 valence electrons. The van der Waals surface area contributed by atoms with Crippen LogP contribution in [-0.2, 0) is 11.2 Å². The van der Waals surface area contributed by atoms with Gasteiger partial charge in [-0.1, -0.05) is 36.4 Å². The van der Waals surface area contributed by atoms with Crippen molar-refractivity contribution in [3.63, 3.8) is 0 Å². The van der Waals surface area contributed by atoms with Crippen molar-refractivity contribution in [1.29, 1.82) is 0 Å². The van der Waals surface area contributed by atoms with E-state index in [1.54, 1.807) is 17.0 Å². The number of imide groups is 1. The monoisotopic (exact) mass is 264 g/mol. The summed E-state index contributed by atoms with van der Waals surface area (Å²) in [6, 6.07) is 16.1. The van der Waals surface area contributed by atoms with Crippen molar-refractivity contribution in [2.75, 3.05) is 9.80 Å². The lowest BCUT2D eigenvalue weighted by atomic mass is 10.1. The quantitative estimate of drug-likeness (QED) is 0.743. The van der Waals surface area contributed by atoms with E-state index in [9.17, 15) is 9.59 Å². The molecule has 4 nitrogen and oxygen atoms in total. The van der Waals surface area contributed by atoms with Crippen LogP contribution in [0.4, 0.5) is 16.2 Å². The van der Waals surface area contributed by atoms with Crippen molar-refractivity contribution < 1.29 is 9.59 Å². The molecule has 1 unspecified atom stereocenters. The molecule has 2 heterocycles. The van der Waals surface area contributed by atoms with Gasteiger partial charge in [0.1, 0.15) is 6.04 Å². The molecule has 0 aliphatic carbocycles. The zero-order chi connectivity index (χ0) is 13.7. The molecular formula is C16H12N2O2. The van der Waals surface area contributed by atoms with Gasteiger partial charge in [0.25, 0.3) is 5.91 Å². The number of amides is 3. The number of hydrogen-bond acceptors (Lipinski definition) is 2. The van der Waals surface area contributed by atoms with Gasteiger partial charge in [0.05, 0.1) is 5.69 Å². The first kappa shape index (κ1) is 11.2. The molecule has 2 aromatic carbocycles. The molecule has 2 aliphatic heterocycles. The highest BCUT2D eigenvalue weighted by Gasteiger charge is 2.50. The fourth-order valence-electron chi connectivity index (χ4n) is 2.99. The molecule has 0 aromatic heterocycles. The zero-order valence-electron chi connectivity index (χ0n) is 10.7. The Morgan fingerprint density at radius 2 is 1.60 bits per heavy atom. The fraction of sp³-hybridized carbons (Fsp3) is 0.125. The number of para-hydroxylation sites is 2. The van der Waals surface area contributed by atoms with E-state index in [0.29, 0.717) is 12.1 Å². The van der Waals surface area contributed by atoms with Gasteiger partial charge < -0.3 is 0 Å². The second kappa shape index (κ2) is 3.93. The summed E-state index contributed by atoms with van der Waals surface area (Å²) in [5, 5.41) is 0. The standard InChI is InChI=1S/C16H12N2O2/c19-15-14-10-11-6-4-5-9-13(11)18(14)16(20)17(15)12-7-2-1-3-8-12/h1-9,14H,10H2. The molecule has 1 fully saturated rings. The van der Waals surface area contributed by atoms with Crippen LogP contribution in [0.1, 0.15) is 5.56 Å². The third-order valence-electron chi connectivity index (χ3n) is 3.89. The third kappa shape index (κ3) is 1.36. The molecule has 20 heavy (non-hydrogen) atoms. The number of hydrogen-bond donors (Lipinski definition) is 0. The lowest BCUT2D eigenvalue weighted by Gasteiger charge is -2.16. The van der Waals surface area contributed by atoms with Gasteiger partial charge in [0.2, 0.25) is 0 Å². The Morgan fingerprint density at radius 3 is 2.40 bits per heavy atom. The SMILES string of the molecule is O=C1C2Cc3ccccc3N2C(=O)N1c1ccccc1. The number of anilines is 2. The van der Waals surface area contributed by atoms with Gasteiger partial charge in [-0.05, 0) is 23.8 Å². The van der Waals surface area contributed by atoms with Crippen molar-refractivity contribution in [3.05, 3.63) is 60.2 Å². The predicted molar refractivity (Wildman–Crippen MR) is 75.7 cm³/mol. The maximum absolute atomic E-state index is 12.6. The van der Waals surface area contributed by atoms with Crippen molar-refractivity contribution >= 4 is 23.3 Å². The van der Waals surface area contributed by atoms with Crippen molar-refractivity contribution in [2.45, 2.75) is 12.5 Å². The molecular weight excluding hydrogens is 252 g/mol. The first-order valence-electron chi connectivity index (χ1n) is 6.57. The Morgan fingerprint density at radius 1 is 0.900 bits per heavy atom. The fourth-order valence-corrected chi connectivity index (χ4v) is 2.99. The summed E-state index contributed by atoms with van der Waals surface area (Å²) in [6.45, 7) is 0. The number of urea groups is 1. The number of benzene rings is 2. The van der Waals surface area contributed by atoms with E-state index >= 15 is 0 Å². The molecule has 0 radical (unpaired) electrons. The van der Waals surface area contributed by atoms with E-state index < -0.39 is 0 Å². The van der Waals surface area contributed by atoms with Crippen LogP contribution in [0.15, 0.2) is 54.6 Å². The molecule has 4 rings (SSSR count). The van der Waals surface area contributed by atoms with Crippen LogP contribution in [0, 0.1) is 0 Å². The number of carbonyl (C=O) groups excluding carboxylic acids is 2. The zero-order valence-corrected chi connectivity index (χ0v) is 10.7. The second-order valence-corrected chi connectivity index (χ2v) is 5.01. The van der Waals surface area contributed by atoms with Crippen LogP contribution in [0.3, 0.4) is 0 Å². The van der Waals surface area contributed by atoms with Gasteiger partial charge >= 0.3 is 6.03 Å². The van der Waals surface area contributed by atoms with Gasteiger partial charge in [-0.3, -0.25) is 9.69 Å². The molecule has 0 spiro atoms. The summed E-state index contributed by atoms with van der Waals surface area (Å²) in [5.74, 6) is -0.141. The van der Waals surface area contributed by atoms with Gasteiger partial charge in [-0.25, -0.2) is 9.69 Å². The molecule has 4 heteroatoms. The lowest BCUT2D eigenvalue weighted by Crippen LogP contribution is -2.32. The van der Waals surface area contributed by atoms with Gasteiger partial charge in [-0.2, -0.15) is 0 Å². The Kier molecular flexibility index (Phi) is 2.21. The minimum atomic E-state index is -0.389. The van der Waals surface area contributed by atoms with E-state index in [4.69, 9.17) is 0 Å². The van der Waals surface area contributed by atoms with Crippen molar-refractivity contribution in [2.24, 2.45) is 0 Å². The van der Waals surface area contributed by atoms with Crippen LogP contribution in [0.25, 0.3) is 0 Å². The second-order valence-electron chi connectivity index (χ2n) is 5.01. The highest BCUT2D eigenvalue weighted by atomic mass is 16.2. The van der Waals surface area contributed by atoms with Crippen LogP contribution >= 0.6 is 0 Å². The topological polar surface area (TPSA) is 40.6 Å². The molecule has 2 aliphatic rings. The van der Waals surface area contributed by atoms with E-state index in [-0.39, 0.29) is 18.0 Å². The first-order chi connectivity index (χ1) is 9.77. The average Bonchev–Trinajstić information content (AvgIpc) is 2.97. The summed E-state index contributed by atoms with van der Waals surface area (Å²) in [4.78, 5) is 28.0. The Hall–Kier alpha value is -2.62. The highest BCUT2D eigenvalue weighted by molar-refractivity contribution is 6.29. The molecule has 0 bridgehead atoms. The molecule has 1 saturated heterocycles. The largest absolute Gasteiger partial charge is 0.336 e. The van der Waals surface area contributed by atoms with Crippen molar-refractivity contribution in [1.82, 2.24) is 0 Å². The highest BCUT2D eigenvalue weighted by Crippen LogP contribution is 2.38. The normalized spacial score (nSPS) is 20.3. The molecule has 3 amide bonds. The summed E-state index contributed by atoms with van der Waals surface area (Å²) >= 11 is 0. The van der Waals surface area contributed by atoms with Gasteiger partial charge in [-0.15, -0.1) is 0 Å². The Balaban J connectivity index is 1.80. The van der Waals surface area contributed by atoms with E-state index in [1.165, 1.54) is 4.90 Å². The van der Waals surface area contributed by atoms with Crippen LogP contribution < -0.4 is 9.80 Å².